The van der Waals surface area contributed by atoms with Crippen LogP contribution < -0.4 is 0 Å². The van der Waals surface area contributed by atoms with Crippen molar-refractivity contribution in [1.82, 2.24) is 4.90 Å². The van der Waals surface area contributed by atoms with Crippen LogP contribution in [0.15, 0.2) is 30.3 Å². The number of morpholine rings is 1. The van der Waals surface area contributed by atoms with E-state index in [1.807, 2.05) is 6.07 Å². The normalized spacial score (nSPS) is 21.0. The summed E-state index contributed by atoms with van der Waals surface area (Å²) in [4.78, 5) is 2.40. The van der Waals surface area contributed by atoms with E-state index in [-0.39, 0.29) is 6.10 Å². The van der Waals surface area contributed by atoms with Gasteiger partial charge in [-0.2, -0.15) is 5.26 Å². The number of rotatable bonds is 4. The molecule has 1 atom stereocenters. The number of ether oxygens (including phenoxy) is 1. The molecule has 1 saturated heterocycles. The predicted molar refractivity (Wildman–Crippen MR) is 66.3 cm³/mol. The third-order valence-corrected chi connectivity index (χ3v) is 3.05. The minimum atomic E-state index is 0.229. The average molecular weight is 230 g/mol. The summed E-state index contributed by atoms with van der Waals surface area (Å²) in [7, 11) is 0. The molecular weight excluding hydrogens is 212 g/mol. The van der Waals surface area contributed by atoms with Crippen LogP contribution in [0.4, 0.5) is 0 Å². The maximum Gasteiger partial charge on any atom is 0.0712 e. The summed E-state index contributed by atoms with van der Waals surface area (Å²) in [6.45, 7) is 3.69. The number of nitriles is 1. The van der Waals surface area contributed by atoms with Crippen molar-refractivity contribution in [2.45, 2.75) is 25.5 Å². The number of nitrogens with zero attached hydrogens (tertiary/aromatic N) is 2. The first-order chi connectivity index (χ1) is 8.38. The van der Waals surface area contributed by atoms with Gasteiger partial charge in [-0.15, -0.1) is 0 Å². The lowest BCUT2D eigenvalue weighted by Gasteiger charge is -2.32. The van der Waals surface area contributed by atoms with Crippen molar-refractivity contribution in [3.05, 3.63) is 35.9 Å². The van der Waals surface area contributed by atoms with E-state index in [0.29, 0.717) is 6.42 Å². The molecule has 0 bridgehead atoms. The lowest BCUT2D eigenvalue weighted by Crippen LogP contribution is -2.41. The molecule has 1 aromatic carbocycles. The van der Waals surface area contributed by atoms with Crippen molar-refractivity contribution in [2.75, 3.05) is 19.7 Å². The van der Waals surface area contributed by atoms with E-state index >= 15 is 0 Å². The lowest BCUT2D eigenvalue weighted by molar-refractivity contribution is -0.0340. The van der Waals surface area contributed by atoms with E-state index in [1.165, 1.54) is 5.56 Å². The van der Waals surface area contributed by atoms with E-state index in [2.05, 4.69) is 35.2 Å². The average Bonchev–Trinajstić information content (AvgIpc) is 2.38. The largest absolute Gasteiger partial charge is 0.376 e. The molecule has 0 spiro atoms. The first-order valence-electron chi connectivity index (χ1n) is 6.13. The van der Waals surface area contributed by atoms with Crippen LogP contribution in [-0.4, -0.2) is 30.7 Å². The van der Waals surface area contributed by atoms with Crippen LogP contribution in [-0.2, 0) is 11.3 Å². The van der Waals surface area contributed by atoms with Gasteiger partial charge in [-0.3, -0.25) is 4.90 Å². The van der Waals surface area contributed by atoms with Crippen molar-refractivity contribution >= 4 is 0 Å². The number of hydrogen-bond acceptors (Lipinski definition) is 3. The van der Waals surface area contributed by atoms with Gasteiger partial charge >= 0.3 is 0 Å². The van der Waals surface area contributed by atoms with Crippen molar-refractivity contribution in [1.29, 1.82) is 5.26 Å². The Morgan fingerprint density at radius 3 is 2.94 bits per heavy atom. The molecule has 1 aliphatic heterocycles. The van der Waals surface area contributed by atoms with E-state index in [0.717, 1.165) is 32.7 Å². The summed E-state index contributed by atoms with van der Waals surface area (Å²) >= 11 is 0. The molecule has 2 rings (SSSR count). The van der Waals surface area contributed by atoms with Gasteiger partial charge in [-0.25, -0.2) is 0 Å². The molecule has 1 heterocycles. The quantitative estimate of drug-likeness (QED) is 0.795. The Bertz CT molecular complexity index is 372. The highest BCUT2D eigenvalue weighted by Gasteiger charge is 2.19. The molecule has 90 valence electrons. The van der Waals surface area contributed by atoms with Crippen LogP contribution in [0.2, 0.25) is 0 Å². The summed E-state index contributed by atoms with van der Waals surface area (Å²) < 4.78 is 5.66. The summed E-state index contributed by atoms with van der Waals surface area (Å²) in [5, 5.41) is 8.58. The fourth-order valence-corrected chi connectivity index (χ4v) is 2.17. The maximum absolute atomic E-state index is 8.58. The van der Waals surface area contributed by atoms with Crippen molar-refractivity contribution in [3.63, 3.8) is 0 Å². The standard InChI is InChI=1S/C14H18N2O/c15-8-4-7-14-12-16(9-10-17-14)11-13-5-2-1-3-6-13/h1-3,5-6,14H,4,7,9-12H2. The smallest absolute Gasteiger partial charge is 0.0712 e. The fraction of sp³-hybridized carbons (Fsp3) is 0.500. The maximum atomic E-state index is 8.58. The summed E-state index contributed by atoms with van der Waals surface area (Å²) in [5.74, 6) is 0. The third kappa shape index (κ3) is 3.85. The molecule has 3 nitrogen and oxygen atoms in total. The van der Waals surface area contributed by atoms with Gasteiger partial charge in [-0.1, -0.05) is 30.3 Å². The van der Waals surface area contributed by atoms with Crippen LogP contribution >= 0.6 is 0 Å². The molecule has 0 amide bonds. The van der Waals surface area contributed by atoms with Crippen LogP contribution in [0.3, 0.4) is 0 Å². The van der Waals surface area contributed by atoms with E-state index in [1.54, 1.807) is 0 Å². The Labute approximate surface area is 103 Å². The second-order valence-electron chi connectivity index (χ2n) is 4.41. The first-order valence-corrected chi connectivity index (χ1v) is 6.13. The van der Waals surface area contributed by atoms with Crippen molar-refractivity contribution in [2.24, 2.45) is 0 Å². The highest BCUT2D eigenvalue weighted by atomic mass is 16.5. The minimum Gasteiger partial charge on any atom is -0.376 e. The van der Waals surface area contributed by atoms with Gasteiger partial charge in [0.2, 0.25) is 0 Å². The van der Waals surface area contributed by atoms with Gasteiger partial charge in [0.25, 0.3) is 0 Å². The molecule has 0 saturated carbocycles. The van der Waals surface area contributed by atoms with Gasteiger partial charge in [0.1, 0.15) is 0 Å². The van der Waals surface area contributed by atoms with Crippen LogP contribution in [0, 0.1) is 11.3 Å². The van der Waals surface area contributed by atoms with Gasteiger partial charge in [0, 0.05) is 26.1 Å². The zero-order valence-electron chi connectivity index (χ0n) is 10.0. The summed E-state index contributed by atoms with van der Waals surface area (Å²) in [5.41, 5.74) is 1.34. The van der Waals surface area contributed by atoms with E-state index in [4.69, 9.17) is 10.00 Å². The van der Waals surface area contributed by atoms with E-state index < -0.39 is 0 Å². The van der Waals surface area contributed by atoms with Gasteiger partial charge in [0.05, 0.1) is 18.8 Å². The first kappa shape index (κ1) is 12.1. The minimum absolute atomic E-state index is 0.229. The van der Waals surface area contributed by atoms with E-state index in [9.17, 15) is 0 Å². The summed E-state index contributed by atoms with van der Waals surface area (Å²) in [6.07, 6.45) is 1.66. The molecule has 0 radical (unpaired) electrons. The Hall–Kier alpha value is -1.37. The molecule has 0 N–H and O–H groups in total. The molecule has 1 unspecified atom stereocenters. The molecule has 1 fully saturated rings. The molecule has 17 heavy (non-hydrogen) atoms. The van der Waals surface area contributed by atoms with Crippen molar-refractivity contribution < 1.29 is 4.74 Å². The highest BCUT2D eigenvalue weighted by molar-refractivity contribution is 5.14. The zero-order chi connectivity index (χ0) is 11.9. The second kappa shape index (κ2) is 6.39. The molecular formula is C14H18N2O. The monoisotopic (exact) mass is 230 g/mol. The Morgan fingerprint density at radius 2 is 2.18 bits per heavy atom. The fourth-order valence-electron chi connectivity index (χ4n) is 2.17. The van der Waals surface area contributed by atoms with Gasteiger partial charge in [0.15, 0.2) is 0 Å². The molecule has 3 heteroatoms. The Balaban J connectivity index is 1.83. The lowest BCUT2D eigenvalue weighted by atomic mass is 10.1. The molecule has 1 aliphatic rings. The second-order valence-corrected chi connectivity index (χ2v) is 4.41. The molecule has 1 aromatic rings. The van der Waals surface area contributed by atoms with Crippen LogP contribution in [0.1, 0.15) is 18.4 Å². The van der Waals surface area contributed by atoms with Crippen LogP contribution in [0.25, 0.3) is 0 Å². The highest BCUT2D eigenvalue weighted by Crippen LogP contribution is 2.13. The predicted octanol–water partition coefficient (Wildman–Crippen LogP) is 2.19. The number of hydrogen-bond donors (Lipinski definition) is 0. The third-order valence-electron chi connectivity index (χ3n) is 3.05. The topological polar surface area (TPSA) is 36.3 Å². The molecule has 0 aromatic heterocycles. The summed E-state index contributed by atoms with van der Waals surface area (Å²) in [6, 6.07) is 12.7. The Kier molecular flexibility index (Phi) is 4.54. The zero-order valence-corrected chi connectivity index (χ0v) is 10.0. The number of benzene rings is 1. The SMILES string of the molecule is N#CCCC1CN(Cc2ccccc2)CCO1. The van der Waals surface area contributed by atoms with Crippen molar-refractivity contribution in [3.8, 4) is 6.07 Å². The van der Waals surface area contributed by atoms with Gasteiger partial charge in [-0.05, 0) is 12.0 Å². The van der Waals surface area contributed by atoms with Gasteiger partial charge < -0.3 is 4.74 Å². The van der Waals surface area contributed by atoms with Crippen LogP contribution in [0.5, 0.6) is 0 Å². The Morgan fingerprint density at radius 1 is 1.35 bits per heavy atom. The molecule has 0 aliphatic carbocycles.